The lowest BCUT2D eigenvalue weighted by Gasteiger charge is -2.38. The van der Waals surface area contributed by atoms with Crippen LogP contribution in [0.4, 0.5) is 20.2 Å². The molecule has 2 aliphatic carbocycles. The maximum absolute atomic E-state index is 14.2. The molecular formula is C24H27F2N3O3S. The predicted octanol–water partition coefficient (Wildman–Crippen LogP) is 3.82. The molecule has 0 bridgehead atoms. The van der Waals surface area contributed by atoms with Crippen molar-refractivity contribution in [2.75, 3.05) is 30.2 Å². The second kappa shape index (κ2) is 8.06. The van der Waals surface area contributed by atoms with Gasteiger partial charge in [-0.25, -0.2) is 17.2 Å². The van der Waals surface area contributed by atoms with Gasteiger partial charge in [-0.1, -0.05) is 6.42 Å². The van der Waals surface area contributed by atoms with Gasteiger partial charge in [-0.2, -0.15) is 0 Å². The molecule has 6 nitrogen and oxygen atoms in total. The number of benzene rings is 2. The third-order valence-corrected chi connectivity index (χ3v) is 8.77. The number of ketones is 1. The van der Waals surface area contributed by atoms with Gasteiger partial charge in [-0.3, -0.25) is 9.52 Å². The first-order chi connectivity index (χ1) is 15.7. The van der Waals surface area contributed by atoms with Gasteiger partial charge in [0.05, 0.1) is 11.1 Å². The van der Waals surface area contributed by atoms with E-state index in [9.17, 15) is 22.0 Å². The number of piperidine rings is 1. The molecule has 1 heterocycles. The van der Waals surface area contributed by atoms with E-state index in [4.69, 9.17) is 0 Å². The molecule has 2 fully saturated rings. The monoisotopic (exact) mass is 475 g/mol. The summed E-state index contributed by atoms with van der Waals surface area (Å²) in [6.07, 6.45) is 4.70. The van der Waals surface area contributed by atoms with Crippen LogP contribution in [0.15, 0.2) is 35.2 Å². The van der Waals surface area contributed by atoms with Gasteiger partial charge in [0.15, 0.2) is 0 Å². The number of nitrogens with one attached hydrogen (secondary N) is 2. The molecule has 0 radical (unpaired) electrons. The van der Waals surface area contributed by atoms with Gasteiger partial charge in [-0.15, -0.1) is 0 Å². The van der Waals surface area contributed by atoms with Crippen molar-refractivity contribution in [1.82, 2.24) is 4.90 Å². The Bertz CT molecular complexity index is 1220. The van der Waals surface area contributed by atoms with E-state index in [0.29, 0.717) is 12.5 Å². The molecule has 0 atom stereocenters. The van der Waals surface area contributed by atoms with Gasteiger partial charge in [0.25, 0.3) is 10.0 Å². The van der Waals surface area contributed by atoms with E-state index in [1.165, 1.54) is 0 Å². The topological polar surface area (TPSA) is 78.5 Å². The highest BCUT2D eigenvalue weighted by Gasteiger charge is 2.51. The van der Waals surface area contributed by atoms with Crippen molar-refractivity contribution in [1.29, 1.82) is 0 Å². The highest BCUT2D eigenvalue weighted by atomic mass is 32.2. The number of carbonyl (C=O) groups excluding carboxylic acids is 1. The summed E-state index contributed by atoms with van der Waals surface area (Å²) in [5.41, 5.74) is 2.30. The Morgan fingerprint density at radius 1 is 1.09 bits per heavy atom. The lowest BCUT2D eigenvalue weighted by atomic mass is 9.64. The van der Waals surface area contributed by atoms with Crippen LogP contribution in [0, 0.1) is 11.6 Å². The number of carbonyl (C=O) groups is 1. The molecule has 2 N–H and O–H groups in total. The number of likely N-dealkylation sites (tertiary alicyclic amines) is 1. The van der Waals surface area contributed by atoms with E-state index in [0.717, 1.165) is 74.1 Å². The number of hydrogen-bond acceptors (Lipinski definition) is 5. The molecule has 0 unspecified atom stereocenters. The Morgan fingerprint density at radius 2 is 1.82 bits per heavy atom. The summed E-state index contributed by atoms with van der Waals surface area (Å²) in [5.74, 6) is -1.82. The fraction of sp³-hybridized carbons (Fsp3) is 0.458. The highest BCUT2D eigenvalue weighted by Crippen LogP contribution is 2.53. The Labute approximate surface area is 192 Å². The molecule has 1 spiro atoms. The van der Waals surface area contributed by atoms with Gasteiger partial charge < -0.3 is 10.2 Å². The maximum Gasteiger partial charge on any atom is 0.264 e. The summed E-state index contributed by atoms with van der Waals surface area (Å²) in [4.78, 5) is 14.6. The van der Waals surface area contributed by atoms with Crippen LogP contribution in [-0.2, 0) is 26.7 Å². The first-order valence-corrected chi connectivity index (χ1v) is 12.8. The minimum atomic E-state index is -4.29. The summed E-state index contributed by atoms with van der Waals surface area (Å²) in [6.45, 7) is 1.91. The van der Waals surface area contributed by atoms with Crippen LogP contribution >= 0.6 is 0 Å². The molecule has 1 saturated carbocycles. The highest BCUT2D eigenvalue weighted by molar-refractivity contribution is 7.92. The van der Waals surface area contributed by atoms with E-state index in [1.807, 2.05) is 0 Å². The van der Waals surface area contributed by atoms with Crippen LogP contribution in [0.5, 0.6) is 0 Å². The fourth-order valence-electron chi connectivity index (χ4n) is 5.31. The average molecular weight is 476 g/mol. The second-order valence-electron chi connectivity index (χ2n) is 9.49. The molecule has 176 valence electrons. The minimum Gasteiger partial charge on any atom is -0.382 e. The molecule has 9 heteroatoms. The molecule has 2 aromatic rings. The molecule has 1 saturated heterocycles. The largest absolute Gasteiger partial charge is 0.382 e. The summed E-state index contributed by atoms with van der Waals surface area (Å²) in [5, 5.41) is 3.56. The predicted molar refractivity (Wildman–Crippen MR) is 122 cm³/mol. The molecule has 2 aromatic carbocycles. The van der Waals surface area contributed by atoms with Crippen LogP contribution in [0.1, 0.15) is 43.2 Å². The zero-order valence-corrected chi connectivity index (χ0v) is 19.3. The summed E-state index contributed by atoms with van der Waals surface area (Å²) < 4.78 is 55.8. The summed E-state index contributed by atoms with van der Waals surface area (Å²) in [7, 11) is -2.21. The van der Waals surface area contributed by atoms with Crippen molar-refractivity contribution in [2.24, 2.45) is 0 Å². The van der Waals surface area contributed by atoms with Crippen molar-refractivity contribution >= 4 is 27.2 Å². The van der Waals surface area contributed by atoms with Gasteiger partial charge in [0.1, 0.15) is 22.3 Å². The summed E-state index contributed by atoms with van der Waals surface area (Å²) in [6, 6.07) is 6.01. The van der Waals surface area contributed by atoms with Gasteiger partial charge >= 0.3 is 0 Å². The number of hydrogen-bond donors (Lipinski definition) is 2. The van der Waals surface area contributed by atoms with E-state index >= 15 is 0 Å². The van der Waals surface area contributed by atoms with E-state index in [-0.39, 0.29) is 17.5 Å². The Hall–Kier alpha value is -2.52. The molecule has 0 amide bonds. The Kier molecular flexibility index (Phi) is 5.44. The van der Waals surface area contributed by atoms with Crippen molar-refractivity contribution in [3.05, 3.63) is 53.1 Å². The second-order valence-corrected chi connectivity index (χ2v) is 11.1. The molecule has 5 rings (SSSR count). The van der Waals surface area contributed by atoms with Crippen LogP contribution in [0.25, 0.3) is 0 Å². The third kappa shape index (κ3) is 3.91. The number of rotatable bonds is 5. The molecule has 3 aliphatic rings. The SMILES string of the molecule is CN1CCC(Nc2cc(NS(=O)(=O)c3ccc(F)cc3F)cc3c2CC(=O)C32CCC2)CC1. The zero-order chi connectivity index (χ0) is 23.4. The van der Waals surface area contributed by atoms with Crippen LogP contribution < -0.4 is 10.0 Å². The number of sulfonamides is 1. The number of halogens is 2. The number of fused-ring (bicyclic) bond motifs is 2. The standard InChI is InChI=1S/C24H27F2N3O3S/c1-29-9-5-16(6-10-29)27-21-13-17(12-19-18(21)14-23(30)24(19)7-2-8-24)28-33(31,32)22-4-3-15(25)11-20(22)26/h3-4,11-13,16,27-28H,2,5-10,14H2,1H3. The first-order valence-electron chi connectivity index (χ1n) is 11.3. The lowest BCUT2D eigenvalue weighted by molar-refractivity contribution is -0.125. The Morgan fingerprint density at radius 3 is 2.45 bits per heavy atom. The number of Topliss-reactive ketones (excluding diaryl/α,β-unsaturated/α-hetero) is 1. The molecular weight excluding hydrogens is 448 g/mol. The van der Waals surface area contributed by atoms with Crippen molar-refractivity contribution in [3.8, 4) is 0 Å². The van der Waals surface area contributed by atoms with Gasteiger partial charge in [0.2, 0.25) is 0 Å². The minimum absolute atomic E-state index is 0.180. The Balaban J connectivity index is 1.52. The number of anilines is 2. The summed E-state index contributed by atoms with van der Waals surface area (Å²) >= 11 is 0. The average Bonchev–Trinajstić information content (AvgIpc) is 3.01. The van der Waals surface area contributed by atoms with Crippen molar-refractivity contribution < 1.29 is 22.0 Å². The van der Waals surface area contributed by atoms with Crippen molar-refractivity contribution in [2.45, 2.75) is 54.9 Å². The van der Waals surface area contributed by atoms with Gasteiger partial charge in [-0.05, 0) is 81.2 Å². The number of nitrogens with zero attached hydrogens (tertiary/aromatic N) is 1. The third-order valence-electron chi connectivity index (χ3n) is 7.36. The van der Waals surface area contributed by atoms with Crippen molar-refractivity contribution in [3.63, 3.8) is 0 Å². The van der Waals surface area contributed by atoms with E-state index in [1.54, 1.807) is 12.1 Å². The smallest absolute Gasteiger partial charge is 0.264 e. The molecule has 1 aliphatic heterocycles. The first kappa shape index (κ1) is 22.3. The van der Waals surface area contributed by atoms with E-state index in [2.05, 4.69) is 22.0 Å². The zero-order valence-electron chi connectivity index (χ0n) is 18.5. The fourth-order valence-corrected chi connectivity index (χ4v) is 6.41. The molecule has 33 heavy (non-hydrogen) atoms. The lowest BCUT2D eigenvalue weighted by Crippen LogP contribution is -2.39. The molecule has 0 aromatic heterocycles. The van der Waals surface area contributed by atoms with E-state index < -0.39 is 32.0 Å². The maximum atomic E-state index is 14.2. The van der Waals surface area contributed by atoms with Crippen LogP contribution in [0.2, 0.25) is 0 Å². The van der Waals surface area contributed by atoms with Gasteiger partial charge in [0, 0.05) is 24.2 Å². The van der Waals surface area contributed by atoms with Crippen LogP contribution in [-0.4, -0.2) is 45.3 Å². The van der Waals surface area contributed by atoms with Crippen LogP contribution in [0.3, 0.4) is 0 Å². The quantitative estimate of drug-likeness (QED) is 0.688. The normalized spacial score (nSPS) is 20.5.